The molecule has 0 bridgehead atoms. The fourth-order valence-corrected chi connectivity index (χ4v) is 1.33. The maximum Gasteiger partial charge on any atom is 0.308 e. The molecular weight excluding hydrogens is 228 g/mol. The van der Waals surface area contributed by atoms with Crippen LogP contribution in [0.4, 0.5) is 0 Å². The lowest BCUT2D eigenvalue weighted by atomic mass is 10.3. The molecule has 92 valence electrons. The fraction of sp³-hybridized carbons (Fsp3) is 0.600. The van der Waals surface area contributed by atoms with Gasteiger partial charge in [-0.1, -0.05) is 0 Å². The first-order chi connectivity index (χ1) is 7.26. The van der Waals surface area contributed by atoms with Gasteiger partial charge in [-0.25, -0.2) is 0 Å². The molecule has 0 aliphatic heterocycles. The van der Waals surface area contributed by atoms with Crippen molar-refractivity contribution in [3.05, 3.63) is 12.0 Å². The SMILES string of the molecule is COC=C(OC(C)=O)C(=O)CO[Si](C)(C)C. The average Bonchev–Trinajstić information content (AvgIpc) is 2.11. The Balaban J connectivity index is 4.41. The van der Waals surface area contributed by atoms with Crippen molar-refractivity contribution in [2.45, 2.75) is 26.6 Å². The van der Waals surface area contributed by atoms with Gasteiger partial charge in [0.25, 0.3) is 0 Å². The van der Waals surface area contributed by atoms with Crippen LogP contribution in [-0.2, 0) is 23.5 Å². The van der Waals surface area contributed by atoms with Gasteiger partial charge in [0.15, 0.2) is 8.32 Å². The number of carbonyl (C=O) groups is 2. The van der Waals surface area contributed by atoms with Crippen LogP contribution >= 0.6 is 0 Å². The van der Waals surface area contributed by atoms with Crippen molar-refractivity contribution < 1.29 is 23.5 Å². The minimum Gasteiger partial charge on any atom is -0.500 e. The number of ketones is 1. The van der Waals surface area contributed by atoms with E-state index in [1.54, 1.807) is 0 Å². The Morgan fingerprint density at radius 2 is 1.81 bits per heavy atom. The van der Waals surface area contributed by atoms with E-state index in [1.807, 2.05) is 19.6 Å². The quantitative estimate of drug-likeness (QED) is 0.307. The first-order valence-corrected chi connectivity index (χ1v) is 8.25. The normalized spacial score (nSPS) is 12.2. The standard InChI is InChI=1S/C10H18O5Si/c1-8(11)15-10(7-13-2)9(12)6-14-16(3,4)5/h7H,6H2,1-5H3. The first-order valence-electron chi connectivity index (χ1n) is 4.85. The maximum atomic E-state index is 11.6. The zero-order valence-corrected chi connectivity index (χ0v) is 11.3. The summed E-state index contributed by atoms with van der Waals surface area (Å²) in [6.45, 7) is 7.01. The Morgan fingerprint density at radius 1 is 1.25 bits per heavy atom. The summed E-state index contributed by atoms with van der Waals surface area (Å²) in [6, 6.07) is 0. The smallest absolute Gasteiger partial charge is 0.308 e. The van der Waals surface area contributed by atoms with Crippen LogP contribution in [0.15, 0.2) is 12.0 Å². The summed E-state index contributed by atoms with van der Waals surface area (Å²) < 4.78 is 14.8. The Hall–Kier alpha value is -1.14. The number of hydrogen-bond acceptors (Lipinski definition) is 5. The summed E-state index contributed by atoms with van der Waals surface area (Å²) in [5.74, 6) is -1.10. The van der Waals surface area contributed by atoms with E-state index in [0.717, 1.165) is 6.26 Å². The summed E-state index contributed by atoms with van der Waals surface area (Å²) in [5.41, 5.74) is 0. The molecule has 0 amide bonds. The molecule has 0 heterocycles. The molecule has 0 rings (SSSR count). The van der Waals surface area contributed by atoms with Gasteiger partial charge in [0.1, 0.15) is 12.9 Å². The zero-order chi connectivity index (χ0) is 12.8. The summed E-state index contributed by atoms with van der Waals surface area (Å²) in [7, 11) is -0.387. The second-order valence-corrected chi connectivity index (χ2v) is 8.65. The van der Waals surface area contributed by atoms with Gasteiger partial charge in [-0.05, 0) is 19.6 Å². The van der Waals surface area contributed by atoms with E-state index in [-0.39, 0.29) is 12.4 Å². The molecule has 0 N–H and O–H groups in total. The monoisotopic (exact) mass is 246 g/mol. The van der Waals surface area contributed by atoms with Crippen LogP contribution in [0.3, 0.4) is 0 Å². The Labute approximate surface area is 96.5 Å². The van der Waals surface area contributed by atoms with Crippen LogP contribution in [0.2, 0.25) is 19.6 Å². The van der Waals surface area contributed by atoms with Gasteiger partial charge >= 0.3 is 5.97 Å². The number of ether oxygens (including phenoxy) is 2. The molecule has 0 unspecified atom stereocenters. The molecular formula is C10H18O5Si. The van der Waals surface area contributed by atoms with Gasteiger partial charge in [-0.15, -0.1) is 0 Å². The van der Waals surface area contributed by atoms with Gasteiger partial charge in [0, 0.05) is 6.92 Å². The highest BCUT2D eigenvalue weighted by Gasteiger charge is 2.20. The minimum absolute atomic E-state index is 0.0990. The van der Waals surface area contributed by atoms with Crippen molar-refractivity contribution in [2.75, 3.05) is 13.7 Å². The number of esters is 1. The largest absolute Gasteiger partial charge is 0.500 e. The lowest BCUT2D eigenvalue weighted by Crippen LogP contribution is -2.29. The van der Waals surface area contributed by atoms with E-state index in [4.69, 9.17) is 9.16 Å². The molecule has 0 spiro atoms. The van der Waals surface area contributed by atoms with Crippen LogP contribution in [0.25, 0.3) is 0 Å². The predicted octanol–water partition coefficient (Wildman–Crippen LogP) is 1.46. The third kappa shape index (κ3) is 7.19. The highest BCUT2D eigenvalue weighted by Crippen LogP contribution is 2.06. The van der Waals surface area contributed by atoms with E-state index in [2.05, 4.69) is 4.74 Å². The van der Waals surface area contributed by atoms with Crippen molar-refractivity contribution in [1.82, 2.24) is 0 Å². The molecule has 5 nitrogen and oxygen atoms in total. The number of carbonyl (C=O) groups excluding carboxylic acids is 2. The topological polar surface area (TPSA) is 61.8 Å². The molecule has 0 saturated heterocycles. The molecule has 16 heavy (non-hydrogen) atoms. The van der Waals surface area contributed by atoms with Gasteiger partial charge in [-0.3, -0.25) is 9.59 Å². The average molecular weight is 246 g/mol. The molecule has 0 aliphatic rings. The summed E-state index contributed by atoms with van der Waals surface area (Å²) in [4.78, 5) is 22.3. The van der Waals surface area contributed by atoms with E-state index in [0.29, 0.717) is 0 Å². The summed E-state index contributed by atoms with van der Waals surface area (Å²) in [6.07, 6.45) is 1.09. The lowest BCUT2D eigenvalue weighted by Gasteiger charge is -2.16. The van der Waals surface area contributed by atoms with E-state index >= 15 is 0 Å². The van der Waals surface area contributed by atoms with Crippen molar-refractivity contribution in [2.24, 2.45) is 0 Å². The fourth-order valence-electron chi connectivity index (χ4n) is 0.762. The van der Waals surface area contributed by atoms with E-state index in [9.17, 15) is 9.59 Å². The molecule has 0 radical (unpaired) electrons. The molecule has 0 aliphatic carbocycles. The highest BCUT2D eigenvalue weighted by atomic mass is 28.4. The summed E-state index contributed by atoms with van der Waals surface area (Å²) in [5, 5.41) is 0. The lowest BCUT2D eigenvalue weighted by molar-refractivity contribution is -0.141. The van der Waals surface area contributed by atoms with Crippen LogP contribution in [-0.4, -0.2) is 33.8 Å². The third-order valence-electron chi connectivity index (χ3n) is 1.39. The predicted molar refractivity (Wildman–Crippen MR) is 61.2 cm³/mol. The number of rotatable bonds is 6. The first kappa shape index (κ1) is 14.9. The Morgan fingerprint density at radius 3 is 2.19 bits per heavy atom. The van der Waals surface area contributed by atoms with Gasteiger partial charge in [0.2, 0.25) is 11.5 Å². The van der Waals surface area contributed by atoms with E-state index in [1.165, 1.54) is 14.0 Å². The number of methoxy groups -OCH3 is 1. The Kier molecular flexibility index (Phi) is 5.98. The van der Waals surface area contributed by atoms with Crippen LogP contribution < -0.4 is 0 Å². The molecule has 0 aromatic carbocycles. The molecule has 0 atom stereocenters. The molecule has 0 fully saturated rings. The number of hydrogen-bond donors (Lipinski definition) is 0. The molecule has 0 aromatic rings. The van der Waals surface area contributed by atoms with Gasteiger partial charge in [0.05, 0.1) is 7.11 Å². The second-order valence-electron chi connectivity index (χ2n) is 4.14. The van der Waals surface area contributed by atoms with Crippen molar-refractivity contribution in [1.29, 1.82) is 0 Å². The zero-order valence-electron chi connectivity index (χ0n) is 10.3. The molecule has 0 saturated carbocycles. The third-order valence-corrected chi connectivity index (χ3v) is 2.40. The van der Waals surface area contributed by atoms with Crippen LogP contribution in [0.1, 0.15) is 6.92 Å². The van der Waals surface area contributed by atoms with Crippen LogP contribution in [0.5, 0.6) is 0 Å². The van der Waals surface area contributed by atoms with E-state index < -0.39 is 20.1 Å². The van der Waals surface area contributed by atoms with Crippen molar-refractivity contribution in [3.8, 4) is 0 Å². The minimum atomic E-state index is -1.76. The second kappa shape index (κ2) is 6.44. The summed E-state index contributed by atoms with van der Waals surface area (Å²) >= 11 is 0. The Bertz CT molecular complexity index is 290. The van der Waals surface area contributed by atoms with Gasteiger partial charge < -0.3 is 13.9 Å². The maximum absolute atomic E-state index is 11.6. The van der Waals surface area contributed by atoms with Crippen molar-refractivity contribution >= 4 is 20.1 Å². The van der Waals surface area contributed by atoms with Gasteiger partial charge in [-0.2, -0.15) is 0 Å². The van der Waals surface area contributed by atoms with Crippen molar-refractivity contribution in [3.63, 3.8) is 0 Å². The highest BCUT2D eigenvalue weighted by molar-refractivity contribution is 6.69. The number of Topliss-reactive ketones (excluding diaryl/α,β-unsaturated/α-hetero) is 1. The van der Waals surface area contributed by atoms with Crippen LogP contribution in [0, 0.1) is 0 Å². The molecule has 0 aromatic heterocycles. The molecule has 6 heteroatoms.